The van der Waals surface area contributed by atoms with E-state index in [1.54, 1.807) is 0 Å². The lowest BCUT2D eigenvalue weighted by atomic mass is 10.00. The second kappa shape index (κ2) is 14.6. The summed E-state index contributed by atoms with van der Waals surface area (Å²) in [5.41, 5.74) is 15.3. The number of aromatic nitrogens is 5. The van der Waals surface area contributed by atoms with Crippen LogP contribution in [0, 0.1) is 12.3 Å². The molecule has 5 heterocycles. The molecule has 0 aliphatic heterocycles. The zero-order chi connectivity index (χ0) is 43.2. The van der Waals surface area contributed by atoms with Gasteiger partial charge in [-0.2, -0.15) is 0 Å². The highest BCUT2D eigenvalue weighted by Crippen LogP contribution is 2.44. The Hall–Kier alpha value is -8.33. The van der Waals surface area contributed by atoms with E-state index >= 15 is 0 Å². The summed E-state index contributed by atoms with van der Waals surface area (Å²) in [5.74, 6) is 3.59. The molecule has 0 N–H and O–H groups in total. The van der Waals surface area contributed by atoms with Gasteiger partial charge >= 0.3 is 0 Å². The minimum atomic E-state index is 0.207. The van der Waals surface area contributed by atoms with E-state index in [9.17, 15) is 0 Å². The van der Waals surface area contributed by atoms with Gasteiger partial charge in [-0.1, -0.05) is 121 Å². The monoisotopic (exact) mass is 833 g/mol. The fraction of sp³-hybridized carbons (Fsp3) is 0.0833. The van der Waals surface area contributed by atoms with Gasteiger partial charge in [-0.3, -0.25) is 4.57 Å². The van der Waals surface area contributed by atoms with Crippen LogP contribution < -0.4 is 0 Å². The summed E-state index contributed by atoms with van der Waals surface area (Å²) in [6.45, 7) is 2.29. The molecular formula is C60H43N5. The Labute approximate surface area is 376 Å². The van der Waals surface area contributed by atoms with Crippen LogP contribution in [0.1, 0.15) is 37.1 Å². The third-order valence-corrected chi connectivity index (χ3v) is 13.8. The number of aryl methyl sites for hydroxylation is 1. The van der Waals surface area contributed by atoms with Gasteiger partial charge in [-0.25, -0.2) is 4.98 Å². The largest absolute Gasteiger partial charge is 0.337 e. The molecule has 5 heteroatoms. The Morgan fingerprint density at radius 3 is 2.08 bits per heavy atom. The van der Waals surface area contributed by atoms with Crippen LogP contribution in [-0.2, 0) is 6.42 Å². The number of allylic oxidation sites excluding steroid dienone is 3. The number of hydrogen-bond donors (Lipinski definition) is 0. The molecule has 1 atom stereocenters. The molecular weight excluding hydrogens is 791 g/mol. The number of benzene rings is 7. The zero-order valence-electron chi connectivity index (χ0n) is 36.0. The zero-order valence-corrected chi connectivity index (χ0v) is 36.0. The first kappa shape index (κ1) is 37.2. The van der Waals surface area contributed by atoms with Crippen LogP contribution in [0.15, 0.2) is 188 Å². The second-order valence-corrected chi connectivity index (χ2v) is 17.4. The van der Waals surface area contributed by atoms with Crippen molar-refractivity contribution in [2.45, 2.75) is 32.2 Å². The topological polar surface area (TPSA) is 32.6 Å². The highest BCUT2D eigenvalue weighted by molar-refractivity contribution is 6.26. The summed E-state index contributed by atoms with van der Waals surface area (Å²) in [4.78, 5) is 5.28. The molecule has 5 nitrogen and oxygen atoms in total. The summed E-state index contributed by atoms with van der Waals surface area (Å²) >= 11 is 0. The number of para-hydroxylation sites is 3. The molecule has 0 amide bonds. The molecule has 12 aromatic rings. The summed E-state index contributed by atoms with van der Waals surface area (Å²) < 4.78 is 9.87. The highest BCUT2D eigenvalue weighted by atomic mass is 15.1. The molecule has 13 rings (SSSR count). The Bertz CT molecular complexity index is 4010. The molecule has 0 saturated carbocycles. The van der Waals surface area contributed by atoms with Crippen molar-refractivity contribution in [1.29, 1.82) is 0 Å². The molecule has 308 valence electrons. The summed E-state index contributed by atoms with van der Waals surface area (Å²) in [6, 6.07) is 62.2. The van der Waals surface area contributed by atoms with Gasteiger partial charge in [-0.05, 0) is 111 Å². The first-order valence-electron chi connectivity index (χ1n) is 22.6. The molecule has 1 aliphatic carbocycles. The Morgan fingerprint density at radius 2 is 1.26 bits per heavy atom. The fourth-order valence-electron chi connectivity index (χ4n) is 11.0. The van der Waals surface area contributed by atoms with Crippen molar-refractivity contribution >= 4 is 82.4 Å². The molecule has 0 spiro atoms. The van der Waals surface area contributed by atoms with Crippen molar-refractivity contribution in [1.82, 2.24) is 23.3 Å². The molecule has 65 heavy (non-hydrogen) atoms. The molecule has 5 aromatic heterocycles. The van der Waals surface area contributed by atoms with Gasteiger partial charge in [0, 0.05) is 71.9 Å². The first-order valence-corrected chi connectivity index (χ1v) is 22.6. The van der Waals surface area contributed by atoms with E-state index in [1.165, 1.54) is 76.5 Å². The normalized spacial score (nSPS) is 13.4. The third-order valence-electron chi connectivity index (χ3n) is 13.8. The molecule has 1 aliphatic rings. The van der Waals surface area contributed by atoms with Crippen molar-refractivity contribution in [2.24, 2.45) is 0 Å². The molecule has 1 unspecified atom stereocenters. The second-order valence-electron chi connectivity index (χ2n) is 17.4. The predicted octanol–water partition coefficient (Wildman–Crippen LogP) is 15.1. The maximum absolute atomic E-state index is 5.62. The molecule has 7 aromatic carbocycles. The van der Waals surface area contributed by atoms with Crippen LogP contribution in [0.2, 0.25) is 0 Å². The predicted molar refractivity (Wildman–Crippen MR) is 273 cm³/mol. The van der Waals surface area contributed by atoms with Crippen molar-refractivity contribution < 1.29 is 0 Å². The van der Waals surface area contributed by atoms with E-state index in [0.29, 0.717) is 0 Å². The summed E-state index contributed by atoms with van der Waals surface area (Å²) in [6.07, 6.45) is 17.0. The fourth-order valence-corrected chi connectivity index (χ4v) is 11.0. The molecule has 0 bridgehead atoms. The first-order chi connectivity index (χ1) is 32.2. The SMILES string of the molecule is C#C/C=C\CC(C)n1c2ccccc2c2c3c(ccc21)c1ccccc1n3-c1cccc(-n2c3c(c4cc5c(cc42)c2ccccc2n5-c2cccc(-c4ccccc4)n2)CCC=C3)c1. The maximum atomic E-state index is 5.62. The highest BCUT2D eigenvalue weighted by Gasteiger charge is 2.25. The maximum Gasteiger partial charge on any atom is 0.138 e. The van der Waals surface area contributed by atoms with Gasteiger partial charge in [0.2, 0.25) is 0 Å². The number of pyridine rings is 1. The smallest absolute Gasteiger partial charge is 0.138 e. The average Bonchev–Trinajstić information content (AvgIpc) is 4.08. The number of nitrogens with zero attached hydrogens (tertiary/aromatic N) is 5. The number of rotatable bonds is 7. The quantitative estimate of drug-likeness (QED) is 0.147. The van der Waals surface area contributed by atoms with Gasteiger partial charge in [0.15, 0.2) is 0 Å². The average molecular weight is 834 g/mol. The number of terminal acetylenes is 1. The number of fused-ring (bicyclic) bond motifs is 13. The van der Waals surface area contributed by atoms with Crippen molar-refractivity contribution in [3.05, 3.63) is 199 Å². The van der Waals surface area contributed by atoms with E-state index in [-0.39, 0.29) is 6.04 Å². The third kappa shape index (κ3) is 5.57. The van der Waals surface area contributed by atoms with Crippen molar-refractivity contribution in [3.8, 4) is 40.8 Å². The molecule has 0 fully saturated rings. The summed E-state index contributed by atoms with van der Waals surface area (Å²) in [7, 11) is 0. The molecule has 0 saturated heterocycles. The van der Waals surface area contributed by atoms with Crippen LogP contribution in [0.4, 0.5) is 0 Å². The Balaban J connectivity index is 1.05. The van der Waals surface area contributed by atoms with Gasteiger partial charge in [0.1, 0.15) is 5.82 Å². The standard InChI is InChI=1S/C60H43N5/c1-3-4-6-19-39(2)62-54-32-16-12-27-47(54)59-55(62)35-34-46-43-24-9-14-30-52(43)64(60(46)59)42-23-17-22-41(36-42)63-51-29-13-10-25-44(51)48-38-57-49(37-56(48)63)45-26-11-15-31-53(45)65(57)58-33-18-28-50(61-58)40-20-7-5-8-21-40/h1,4-9,11-18,20-24,26-39H,10,19,25H2,2H3/b6-4-. The molecule has 0 radical (unpaired) electrons. The van der Waals surface area contributed by atoms with Crippen LogP contribution in [0.5, 0.6) is 0 Å². The minimum Gasteiger partial charge on any atom is -0.337 e. The van der Waals surface area contributed by atoms with Crippen molar-refractivity contribution in [3.63, 3.8) is 0 Å². The van der Waals surface area contributed by atoms with E-state index in [2.05, 4.69) is 219 Å². The minimum absolute atomic E-state index is 0.207. The van der Waals surface area contributed by atoms with E-state index in [1.807, 2.05) is 6.08 Å². The lowest BCUT2D eigenvalue weighted by Crippen LogP contribution is -2.04. The van der Waals surface area contributed by atoms with Crippen LogP contribution in [-0.4, -0.2) is 23.3 Å². The Kier molecular flexibility index (Phi) is 8.38. The van der Waals surface area contributed by atoms with Crippen LogP contribution in [0.3, 0.4) is 0 Å². The van der Waals surface area contributed by atoms with Gasteiger partial charge in [0.25, 0.3) is 0 Å². The number of hydrogen-bond acceptors (Lipinski definition) is 1. The lowest BCUT2D eigenvalue weighted by Gasteiger charge is -2.16. The lowest BCUT2D eigenvalue weighted by molar-refractivity contribution is 0.590. The Morgan fingerprint density at radius 1 is 0.585 bits per heavy atom. The van der Waals surface area contributed by atoms with Crippen LogP contribution >= 0.6 is 0 Å². The van der Waals surface area contributed by atoms with E-state index in [4.69, 9.17) is 11.4 Å². The van der Waals surface area contributed by atoms with E-state index < -0.39 is 0 Å². The van der Waals surface area contributed by atoms with E-state index in [0.717, 1.165) is 58.7 Å². The van der Waals surface area contributed by atoms with Gasteiger partial charge < -0.3 is 13.7 Å². The van der Waals surface area contributed by atoms with Gasteiger partial charge in [-0.15, -0.1) is 6.42 Å². The summed E-state index contributed by atoms with van der Waals surface area (Å²) in [5, 5.41) is 8.70. The van der Waals surface area contributed by atoms with Gasteiger partial charge in [0.05, 0.1) is 38.8 Å². The van der Waals surface area contributed by atoms with Crippen molar-refractivity contribution in [2.75, 3.05) is 0 Å². The van der Waals surface area contributed by atoms with Crippen LogP contribution in [0.25, 0.3) is 111 Å².